The Morgan fingerprint density at radius 1 is 0.969 bits per heavy atom. The molecule has 7 heteroatoms. The minimum Gasteiger partial charge on any atom is -0.497 e. The third-order valence-electron chi connectivity index (χ3n) is 5.18. The van der Waals surface area contributed by atoms with Gasteiger partial charge in [0.05, 0.1) is 18.6 Å². The maximum Gasteiger partial charge on any atom is 0.243 e. The topological polar surface area (TPSA) is 75.7 Å². The van der Waals surface area contributed by atoms with Gasteiger partial charge in [-0.1, -0.05) is 42.5 Å². The number of hydrogen-bond donors (Lipinski definition) is 1. The van der Waals surface area contributed by atoms with E-state index < -0.39 is 10.0 Å². The lowest BCUT2D eigenvalue weighted by Gasteiger charge is -2.22. The third-order valence-corrected chi connectivity index (χ3v) is 7.04. The molecular weight excluding hydrogens is 424 g/mol. The highest BCUT2D eigenvalue weighted by Crippen LogP contribution is 2.21. The van der Waals surface area contributed by atoms with Gasteiger partial charge in [0.15, 0.2) is 0 Å². The van der Waals surface area contributed by atoms with Crippen LogP contribution < -0.4 is 10.1 Å². The quantitative estimate of drug-likeness (QED) is 0.528. The van der Waals surface area contributed by atoms with Crippen molar-refractivity contribution in [2.45, 2.75) is 25.2 Å². The van der Waals surface area contributed by atoms with Crippen LogP contribution in [0.2, 0.25) is 0 Å². The monoisotopic (exact) mass is 452 g/mol. The van der Waals surface area contributed by atoms with Crippen molar-refractivity contribution in [3.05, 3.63) is 89.5 Å². The molecule has 0 saturated carbocycles. The number of anilines is 1. The minimum absolute atomic E-state index is 0.117. The zero-order chi connectivity index (χ0) is 23.1. The maximum atomic E-state index is 13.4. The SMILES string of the molecule is COc1ccc(S(=O)(=O)N(CCc2ccccc2)CC(=O)Nc2cc(C)ccc2C)cc1. The summed E-state index contributed by atoms with van der Waals surface area (Å²) >= 11 is 0. The van der Waals surface area contributed by atoms with E-state index in [4.69, 9.17) is 4.74 Å². The summed E-state index contributed by atoms with van der Waals surface area (Å²) in [5.74, 6) is 0.177. The van der Waals surface area contributed by atoms with Gasteiger partial charge in [0.2, 0.25) is 15.9 Å². The molecule has 3 rings (SSSR count). The fourth-order valence-corrected chi connectivity index (χ4v) is 4.70. The number of aryl methyl sites for hydroxylation is 2. The lowest BCUT2D eigenvalue weighted by molar-refractivity contribution is -0.116. The molecule has 0 bridgehead atoms. The summed E-state index contributed by atoms with van der Waals surface area (Å²) in [7, 11) is -2.36. The molecular formula is C25H28N2O4S. The van der Waals surface area contributed by atoms with Crippen LogP contribution in [0.3, 0.4) is 0 Å². The van der Waals surface area contributed by atoms with Crippen LogP contribution >= 0.6 is 0 Å². The number of nitrogens with zero attached hydrogens (tertiary/aromatic N) is 1. The third kappa shape index (κ3) is 5.96. The molecule has 0 spiro atoms. The summed E-state index contributed by atoms with van der Waals surface area (Å²) < 4.78 is 33.1. The van der Waals surface area contributed by atoms with Crippen molar-refractivity contribution in [2.24, 2.45) is 0 Å². The van der Waals surface area contributed by atoms with Crippen molar-refractivity contribution >= 4 is 21.6 Å². The molecule has 1 amide bonds. The van der Waals surface area contributed by atoms with E-state index in [1.54, 1.807) is 12.1 Å². The van der Waals surface area contributed by atoms with Crippen LogP contribution in [0, 0.1) is 13.8 Å². The Hall–Kier alpha value is -3.16. The number of amides is 1. The van der Waals surface area contributed by atoms with Crippen molar-refractivity contribution in [1.82, 2.24) is 4.31 Å². The Kier molecular flexibility index (Phi) is 7.66. The van der Waals surface area contributed by atoms with Crippen LogP contribution in [0.5, 0.6) is 5.75 Å². The number of carbonyl (C=O) groups excluding carboxylic acids is 1. The summed E-state index contributed by atoms with van der Waals surface area (Å²) in [6.45, 7) is 3.74. The summed E-state index contributed by atoms with van der Waals surface area (Å²) in [6.07, 6.45) is 0.493. The first kappa shape index (κ1) is 23.5. The Balaban J connectivity index is 1.83. The van der Waals surface area contributed by atoms with Crippen LogP contribution in [0.15, 0.2) is 77.7 Å². The number of benzene rings is 3. The van der Waals surface area contributed by atoms with E-state index in [1.165, 1.54) is 23.5 Å². The molecule has 0 aliphatic heterocycles. The second kappa shape index (κ2) is 10.4. The van der Waals surface area contributed by atoms with E-state index in [1.807, 2.05) is 62.4 Å². The highest BCUT2D eigenvalue weighted by molar-refractivity contribution is 7.89. The van der Waals surface area contributed by atoms with E-state index >= 15 is 0 Å². The lowest BCUT2D eigenvalue weighted by atomic mass is 10.1. The summed E-state index contributed by atoms with van der Waals surface area (Å²) in [4.78, 5) is 13.0. The number of ether oxygens (including phenoxy) is 1. The Morgan fingerprint density at radius 2 is 1.66 bits per heavy atom. The Labute approximate surface area is 189 Å². The predicted molar refractivity (Wildman–Crippen MR) is 126 cm³/mol. The highest BCUT2D eigenvalue weighted by Gasteiger charge is 2.27. The highest BCUT2D eigenvalue weighted by atomic mass is 32.2. The van der Waals surface area contributed by atoms with Gasteiger partial charge in [-0.3, -0.25) is 4.79 Å². The van der Waals surface area contributed by atoms with Crippen LogP contribution in [0.4, 0.5) is 5.69 Å². The normalized spacial score (nSPS) is 11.4. The van der Waals surface area contributed by atoms with Crippen LogP contribution in [-0.4, -0.2) is 38.8 Å². The minimum atomic E-state index is -3.88. The van der Waals surface area contributed by atoms with E-state index in [0.717, 1.165) is 16.7 Å². The van der Waals surface area contributed by atoms with E-state index in [9.17, 15) is 13.2 Å². The van der Waals surface area contributed by atoms with Gasteiger partial charge in [-0.2, -0.15) is 4.31 Å². The molecule has 6 nitrogen and oxygen atoms in total. The van der Waals surface area contributed by atoms with E-state index in [-0.39, 0.29) is 23.9 Å². The molecule has 3 aromatic rings. The summed E-state index contributed by atoms with van der Waals surface area (Å²) in [5, 5.41) is 2.86. The molecule has 0 aliphatic rings. The second-order valence-corrected chi connectivity index (χ2v) is 9.55. The average Bonchev–Trinajstić information content (AvgIpc) is 2.79. The molecule has 1 N–H and O–H groups in total. The largest absolute Gasteiger partial charge is 0.497 e. The smallest absolute Gasteiger partial charge is 0.243 e. The molecule has 168 valence electrons. The zero-order valence-corrected chi connectivity index (χ0v) is 19.4. The first-order chi connectivity index (χ1) is 15.3. The molecule has 0 aliphatic carbocycles. The van der Waals surface area contributed by atoms with Gasteiger partial charge in [0.25, 0.3) is 0 Å². The zero-order valence-electron chi connectivity index (χ0n) is 18.5. The Morgan fingerprint density at radius 3 is 2.31 bits per heavy atom. The summed E-state index contributed by atoms with van der Waals surface area (Å²) in [6, 6.07) is 21.5. The van der Waals surface area contributed by atoms with Crippen molar-refractivity contribution in [3.8, 4) is 5.75 Å². The molecule has 0 atom stereocenters. The molecule has 0 unspecified atom stereocenters. The fourth-order valence-electron chi connectivity index (χ4n) is 3.30. The number of nitrogens with one attached hydrogen (secondary N) is 1. The number of methoxy groups -OCH3 is 1. The predicted octanol–water partition coefficient (Wildman–Crippen LogP) is 4.18. The molecule has 32 heavy (non-hydrogen) atoms. The molecule has 0 aromatic heterocycles. The van der Waals surface area contributed by atoms with Crippen molar-refractivity contribution < 1.29 is 17.9 Å². The number of carbonyl (C=O) groups is 1. The van der Waals surface area contributed by atoms with Crippen LogP contribution in [0.25, 0.3) is 0 Å². The van der Waals surface area contributed by atoms with Crippen LogP contribution in [-0.2, 0) is 21.2 Å². The van der Waals surface area contributed by atoms with Gasteiger partial charge in [-0.15, -0.1) is 0 Å². The first-order valence-electron chi connectivity index (χ1n) is 10.3. The van der Waals surface area contributed by atoms with Gasteiger partial charge in [-0.05, 0) is 67.3 Å². The molecule has 0 saturated heterocycles. The van der Waals surface area contributed by atoms with E-state index in [2.05, 4.69) is 5.32 Å². The average molecular weight is 453 g/mol. The Bertz CT molecular complexity index is 1160. The fraction of sp³-hybridized carbons (Fsp3) is 0.240. The lowest BCUT2D eigenvalue weighted by Crippen LogP contribution is -2.39. The number of rotatable bonds is 9. The first-order valence-corrected chi connectivity index (χ1v) is 11.8. The number of sulfonamides is 1. The van der Waals surface area contributed by atoms with Crippen molar-refractivity contribution in [1.29, 1.82) is 0 Å². The van der Waals surface area contributed by atoms with Gasteiger partial charge in [0.1, 0.15) is 5.75 Å². The van der Waals surface area contributed by atoms with Gasteiger partial charge in [-0.25, -0.2) is 8.42 Å². The van der Waals surface area contributed by atoms with Gasteiger partial charge < -0.3 is 10.1 Å². The standard InChI is InChI=1S/C25H28N2O4S/c1-19-9-10-20(2)24(17-19)26-25(28)18-27(16-15-21-7-5-4-6-8-21)32(29,30)23-13-11-22(31-3)12-14-23/h4-14,17H,15-16,18H2,1-3H3,(H,26,28). The van der Waals surface area contributed by atoms with Gasteiger partial charge in [0, 0.05) is 12.2 Å². The van der Waals surface area contributed by atoms with E-state index in [0.29, 0.717) is 17.9 Å². The van der Waals surface area contributed by atoms with Crippen molar-refractivity contribution in [3.63, 3.8) is 0 Å². The van der Waals surface area contributed by atoms with Crippen molar-refractivity contribution in [2.75, 3.05) is 25.5 Å². The molecule has 0 radical (unpaired) electrons. The number of hydrogen-bond acceptors (Lipinski definition) is 4. The summed E-state index contributed by atoms with van der Waals surface area (Å²) in [5.41, 5.74) is 3.60. The maximum absolute atomic E-state index is 13.4. The molecule has 3 aromatic carbocycles. The molecule has 0 heterocycles. The van der Waals surface area contributed by atoms with Gasteiger partial charge >= 0.3 is 0 Å². The van der Waals surface area contributed by atoms with Crippen LogP contribution in [0.1, 0.15) is 16.7 Å². The molecule has 0 fully saturated rings. The second-order valence-electron chi connectivity index (χ2n) is 7.62.